The highest BCUT2D eigenvalue weighted by Gasteiger charge is 2.41. The summed E-state index contributed by atoms with van der Waals surface area (Å²) >= 11 is 5.99. The quantitative estimate of drug-likeness (QED) is 0.636. The van der Waals surface area contributed by atoms with Gasteiger partial charge in [0.05, 0.1) is 0 Å². The lowest BCUT2D eigenvalue weighted by Gasteiger charge is -2.45. The third kappa shape index (κ3) is 4.26. The molecule has 1 aromatic rings. The Morgan fingerprint density at radius 1 is 1.15 bits per heavy atom. The molecule has 4 heteroatoms. The van der Waals surface area contributed by atoms with Crippen LogP contribution in [0.15, 0.2) is 24.3 Å². The van der Waals surface area contributed by atoms with Crippen LogP contribution in [0.1, 0.15) is 65.0 Å². The molecule has 5 unspecified atom stereocenters. The largest absolute Gasteiger partial charge is 0.461 e. The highest BCUT2D eigenvalue weighted by molar-refractivity contribution is 6.30. The molecule has 5 atom stereocenters. The van der Waals surface area contributed by atoms with Crippen molar-refractivity contribution in [3.8, 4) is 0 Å². The maximum absolute atomic E-state index is 12.9. The smallest absolute Gasteiger partial charge is 0.323 e. The zero-order valence-corrected chi connectivity index (χ0v) is 17.2. The Bertz CT molecular complexity index is 615. The second-order valence-electron chi connectivity index (χ2n) is 8.57. The summed E-state index contributed by atoms with van der Waals surface area (Å²) in [5.74, 6) is 1.68. The van der Waals surface area contributed by atoms with Crippen molar-refractivity contribution in [2.24, 2.45) is 17.8 Å². The van der Waals surface area contributed by atoms with E-state index in [4.69, 9.17) is 16.3 Å². The molecule has 0 radical (unpaired) electrons. The molecular weight excluding hydrogens is 346 g/mol. The summed E-state index contributed by atoms with van der Waals surface area (Å²) in [6, 6.07) is 8.01. The lowest BCUT2D eigenvalue weighted by molar-refractivity contribution is -0.169. The van der Waals surface area contributed by atoms with E-state index in [9.17, 15) is 4.79 Å². The number of benzene rings is 1. The van der Waals surface area contributed by atoms with E-state index in [1.165, 1.54) is 18.4 Å². The molecule has 2 fully saturated rings. The molecule has 1 aliphatic carbocycles. The van der Waals surface area contributed by atoms with Gasteiger partial charge in [0.2, 0.25) is 0 Å². The molecule has 0 N–H and O–H groups in total. The first-order valence-corrected chi connectivity index (χ1v) is 10.5. The molecule has 3 nitrogen and oxygen atoms in total. The molecule has 0 amide bonds. The predicted molar refractivity (Wildman–Crippen MR) is 106 cm³/mol. The Balaban J connectivity index is 1.63. The molecule has 2 aliphatic rings. The SMILES string of the molecule is CC1CCC(C(C)C)C(OC(=O)C2CCN2C(C)c2ccc(Cl)cc2)C1. The van der Waals surface area contributed by atoms with E-state index in [-0.39, 0.29) is 24.2 Å². The summed E-state index contributed by atoms with van der Waals surface area (Å²) in [7, 11) is 0. The average Bonchev–Trinajstić information content (AvgIpc) is 2.54. The number of likely N-dealkylation sites (tertiary alicyclic amines) is 1. The standard InChI is InChI=1S/C22H32ClNO2/c1-14(2)19-10-5-15(3)13-21(19)26-22(25)20-11-12-24(20)16(4)17-6-8-18(23)9-7-17/h6-9,14-16,19-21H,5,10-13H2,1-4H3. The van der Waals surface area contributed by atoms with Crippen LogP contribution in [-0.2, 0) is 9.53 Å². The minimum Gasteiger partial charge on any atom is -0.461 e. The first kappa shape index (κ1) is 19.7. The number of nitrogens with zero attached hydrogens (tertiary/aromatic N) is 1. The molecule has 0 aromatic heterocycles. The van der Waals surface area contributed by atoms with Gasteiger partial charge >= 0.3 is 5.97 Å². The van der Waals surface area contributed by atoms with Crippen LogP contribution >= 0.6 is 11.6 Å². The first-order valence-electron chi connectivity index (χ1n) is 10.1. The Morgan fingerprint density at radius 2 is 1.85 bits per heavy atom. The van der Waals surface area contributed by atoms with Crippen molar-refractivity contribution in [3.63, 3.8) is 0 Å². The van der Waals surface area contributed by atoms with E-state index in [0.29, 0.717) is 17.8 Å². The molecule has 1 heterocycles. The third-order valence-corrected chi connectivity index (χ3v) is 6.66. The number of hydrogen-bond acceptors (Lipinski definition) is 3. The van der Waals surface area contributed by atoms with Gasteiger partial charge in [-0.1, -0.05) is 50.9 Å². The van der Waals surface area contributed by atoms with Gasteiger partial charge in [-0.3, -0.25) is 9.69 Å². The van der Waals surface area contributed by atoms with Gasteiger partial charge in [0.25, 0.3) is 0 Å². The van der Waals surface area contributed by atoms with Crippen LogP contribution in [0.25, 0.3) is 0 Å². The summed E-state index contributed by atoms with van der Waals surface area (Å²) in [6.45, 7) is 9.87. The van der Waals surface area contributed by atoms with Crippen LogP contribution in [0.4, 0.5) is 0 Å². The second kappa shape index (κ2) is 8.31. The van der Waals surface area contributed by atoms with E-state index in [0.717, 1.165) is 24.4 Å². The predicted octanol–water partition coefficient (Wildman–Crippen LogP) is 5.48. The average molecular weight is 378 g/mol. The Morgan fingerprint density at radius 3 is 2.42 bits per heavy atom. The molecule has 1 aromatic carbocycles. The van der Waals surface area contributed by atoms with Crippen molar-refractivity contribution in [2.45, 2.75) is 71.6 Å². The molecule has 1 saturated carbocycles. The van der Waals surface area contributed by atoms with Crippen LogP contribution in [0.3, 0.4) is 0 Å². The zero-order chi connectivity index (χ0) is 18.8. The fraction of sp³-hybridized carbons (Fsp3) is 0.682. The van der Waals surface area contributed by atoms with E-state index in [1.54, 1.807) is 0 Å². The van der Waals surface area contributed by atoms with Crippen LogP contribution in [0, 0.1) is 17.8 Å². The Kier molecular flexibility index (Phi) is 6.29. The summed E-state index contributed by atoms with van der Waals surface area (Å²) in [4.78, 5) is 15.1. The summed E-state index contributed by atoms with van der Waals surface area (Å²) in [6.07, 6.45) is 4.41. The van der Waals surface area contributed by atoms with Crippen molar-refractivity contribution < 1.29 is 9.53 Å². The van der Waals surface area contributed by atoms with Crippen LogP contribution in [-0.4, -0.2) is 29.6 Å². The molecule has 3 rings (SSSR count). The van der Waals surface area contributed by atoms with Crippen molar-refractivity contribution in [1.29, 1.82) is 0 Å². The molecule has 26 heavy (non-hydrogen) atoms. The van der Waals surface area contributed by atoms with Crippen molar-refractivity contribution in [2.75, 3.05) is 6.54 Å². The Labute approximate surface area is 163 Å². The zero-order valence-electron chi connectivity index (χ0n) is 16.5. The van der Waals surface area contributed by atoms with E-state index in [1.807, 2.05) is 24.3 Å². The van der Waals surface area contributed by atoms with E-state index in [2.05, 4.69) is 32.6 Å². The molecule has 1 saturated heterocycles. The van der Waals surface area contributed by atoms with Gasteiger partial charge in [-0.15, -0.1) is 0 Å². The lowest BCUT2D eigenvalue weighted by Crippen LogP contribution is -2.54. The minimum atomic E-state index is -0.106. The summed E-state index contributed by atoms with van der Waals surface area (Å²) in [5, 5.41) is 0.742. The van der Waals surface area contributed by atoms with Crippen LogP contribution in [0.2, 0.25) is 5.02 Å². The fourth-order valence-electron chi connectivity index (χ4n) is 4.53. The molecule has 1 aliphatic heterocycles. The number of rotatable bonds is 5. The van der Waals surface area contributed by atoms with Gasteiger partial charge in [-0.05, 0) is 61.6 Å². The second-order valence-corrected chi connectivity index (χ2v) is 9.01. The van der Waals surface area contributed by atoms with Crippen molar-refractivity contribution in [3.05, 3.63) is 34.9 Å². The number of carbonyl (C=O) groups is 1. The number of carbonyl (C=O) groups excluding carboxylic acids is 1. The molecular formula is C22H32ClNO2. The first-order chi connectivity index (χ1) is 12.4. The third-order valence-electron chi connectivity index (χ3n) is 6.41. The van der Waals surface area contributed by atoms with Gasteiger partial charge < -0.3 is 4.74 Å². The highest BCUT2D eigenvalue weighted by atomic mass is 35.5. The molecule has 144 valence electrons. The fourth-order valence-corrected chi connectivity index (χ4v) is 4.66. The normalized spacial score (nSPS) is 30.7. The summed E-state index contributed by atoms with van der Waals surface area (Å²) in [5.41, 5.74) is 1.19. The van der Waals surface area contributed by atoms with Gasteiger partial charge in [-0.2, -0.15) is 0 Å². The van der Waals surface area contributed by atoms with Crippen molar-refractivity contribution in [1.82, 2.24) is 4.90 Å². The van der Waals surface area contributed by atoms with Crippen molar-refractivity contribution >= 4 is 17.6 Å². The topological polar surface area (TPSA) is 29.5 Å². The lowest BCUT2D eigenvalue weighted by atomic mass is 9.75. The van der Waals surface area contributed by atoms with Gasteiger partial charge in [0, 0.05) is 17.6 Å². The van der Waals surface area contributed by atoms with E-state index < -0.39 is 0 Å². The highest BCUT2D eigenvalue weighted by Crippen LogP contribution is 2.37. The Hall–Kier alpha value is -1.06. The maximum atomic E-state index is 12.9. The molecule has 0 spiro atoms. The number of hydrogen-bond donors (Lipinski definition) is 0. The van der Waals surface area contributed by atoms with Gasteiger partial charge in [0.15, 0.2) is 0 Å². The van der Waals surface area contributed by atoms with Gasteiger partial charge in [0.1, 0.15) is 12.1 Å². The minimum absolute atomic E-state index is 0.0261. The number of ether oxygens (including phenoxy) is 1. The molecule has 0 bridgehead atoms. The monoisotopic (exact) mass is 377 g/mol. The number of halogens is 1. The number of esters is 1. The summed E-state index contributed by atoms with van der Waals surface area (Å²) < 4.78 is 6.07. The van der Waals surface area contributed by atoms with Crippen LogP contribution < -0.4 is 0 Å². The van der Waals surface area contributed by atoms with Crippen LogP contribution in [0.5, 0.6) is 0 Å². The van der Waals surface area contributed by atoms with Gasteiger partial charge in [-0.25, -0.2) is 0 Å². The van der Waals surface area contributed by atoms with E-state index >= 15 is 0 Å². The maximum Gasteiger partial charge on any atom is 0.323 e.